The minimum absolute atomic E-state index is 0.569. The third-order valence-corrected chi connectivity index (χ3v) is 11.1. The van der Waals surface area contributed by atoms with E-state index in [4.69, 9.17) is 23.8 Å². The maximum atomic E-state index is 6.70. The van der Waals surface area contributed by atoms with Gasteiger partial charge in [0.05, 0.1) is 11.0 Å². The molecule has 6 heteroatoms. The zero-order valence-corrected chi connectivity index (χ0v) is 30.4. The Balaban J connectivity index is 0.976. The lowest BCUT2D eigenvalue weighted by molar-refractivity contribution is 0.633. The van der Waals surface area contributed by atoms with E-state index in [0.717, 1.165) is 82.8 Å². The van der Waals surface area contributed by atoms with Crippen LogP contribution >= 0.6 is 0 Å². The van der Waals surface area contributed by atoms with Crippen molar-refractivity contribution in [3.8, 4) is 51.0 Å². The number of nitrogens with zero attached hydrogens (tertiary/aromatic N) is 4. The largest absolute Gasteiger partial charge is 0.452 e. The lowest BCUT2D eigenvalue weighted by Crippen LogP contribution is -2.00. The summed E-state index contributed by atoms with van der Waals surface area (Å²) < 4.78 is 15.7. The molecule has 0 unspecified atom stereocenters. The van der Waals surface area contributed by atoms with Gasteiger partial charge < -0.3 is 13.4 Å². The van der Waals surface area contributed by atoms with E-state index in [1.807, 2.05) is 42.5 Å². The topological polar surface area (TPSA) is 69.9 Å². The van der Waals surface area contributed by atoms with Gasteiger partial charge in [0.1, 0.15) is 11.2 Å². The van der Waals surface area contributed by atoms with Gasteiger partial charge in [-0.25, -0.2) is 15.0 Å². The predicted molar refractivity (Wildman–Crippen MR) is 230 cm³/mol. The molecular formula is C51H30N4O2. The van der Waals surface area contributed by atoms with Gasteiger partial charge in [-0.05, 0) is 59.7 Å². The van der Waals surface area contributed by atoms with Gasteiger partial charge >= 0.3 is 0 Å². The molecule has 4 aromatic heterocycles. The van der Waals surface area contributed by atoms with Crippen molar-refractivity contribution in [3.63, 3.8) is 0 Å². The quantitative estimate of drug-likeness (QED) is 0.176. The normalized spacial score (nSPS) is 11.9. The summed E-state index contributed by atoms with van der Waals surface area (Å²) in [6, 6.07) is 62.8. The lowest BCUT2D eigenvalue weighted by Gasteiger charge is -2.09. The smallest absolute Gasteiger partial charge is 0.178 e. The molecule has 0 N–H and O–H groups in total. The van der Waals surface area contributed by atoms with Crippen LogP contribution in [0.15, 0.2) is 191 Å². The van der Waals surface area contributed by atoms with Gasteiger partial charge in [0.25, 0.3) is 0 Å². The molecule has 0 spiro atoms. The van der Waals surface area contributed by atoms with Crippen molar-refractivity contribution in [2.75, 3.05) is 0 Å². The second-order valence-electron chi connectivity index (χ2n) is 14.4. The van der Waals surface area contributed by atoms with Crippen molar-refractivity contribution in [1.29, 1.82) is 0 Å². The highest BCUT2D eigenvalue weighted by Crippen LogP contribution is 2.41. The van der Waals surface area contributed by atoms with Crippen LogP contribution in [0, 0.1) is 0 Å². The Hall–Kier alpha value is -7.83. The molecule has 8 aromatic carbocycles. The van der Waals surface area contributed by atoms with Crippen LogP contribution in [0.5, 0.6) is 0 Å². The molecule has 0 bridgehead atoms. The first-order valence-corrected chi connectivity index (χ1v) is 19.0. The Labute approximate surface area is 325 Å². The number of fused-ring (bicyclic) bond motifs is 10. The summed E-state index contributed by atoms with van der Waals surface area (Å²) in [5.74, 6) is 1.78. The number of aromatic nitrogens is 4. The van der Waals surface area contributed by atoms with Crippen LogP contribution in [0.1, 0.15) is 0 Å². The molecule has 0 aliphatic rings. The van der Waals surface area contributed by atoms with Crippen LogP contribution in [0.3, 0.4) is 0 Å². The van der Waals surface area contributed by atoms with Crippen molar-refractivity contribution in [1.82, 2.24) is 19.5 Å². The summed E-state index contributed by atoms with van der Waals surface area (Å²) in [6.45, 7) is 0. The predicted octanol–water partition coefficient (Wildman–Crippen LogP) is 13.4. The Kier molecular flexibility index (Phi) is 6.83. The molecule has 0 atom stereocenters. The summed E-state index contributed by atoms with van der Waals surface area (Å²) in [6.07, 6.45) is 0. The van der Waals surface area contributed by atoms with Gasteiger partial charge in [0, 0.05) is 60.8 Å². The number of para-hydroxylation sites is 2. The zero-order chi connectivity index (χ0) is 37.5. The number of benzene rings is 8. The lowest BCUT2D eigenvalue weighted by atomic mass is 10.0. The first-order valence-electron chi connectivity index (χ1n) is 19.0. The van der Waals surface area contributed by atoms with Crippen molar-refractivity contribution >= 4 is 65.7 Å². The molecule has 12 aromatic rings. The van der Waals surface area contributed by atoms with Crippen LogP contribution in [-0.4, -0.2) is 19.5 Å². The van der Waals surface area contributed by atoms with Gasteiger partial charge in [0.2, 0.25) is 0 Å². The Morgan fingerprint density at radius 1 is 0.316 bits per heavy atom. The third kappa shape index (κ3) is 5.01. The van der Waals surface area contributed by atoms with Crippen molar-refractivity contribution < 1.29 is 8.83 Å². The summed E-state index contributed by atoms with van der Waals surface area (Å²) in [5.41, 5.74) is 11.3. The summed E-state index contributed by atoms with van der Waals surface area (Å²) in [4.78, 5) is 15.0. The van der Waals surface area contributed by atoms with Crippen molar-refractivity contribution in [3.05, 3.63) is 182 Å². The van der Waals surface area contributed by atoms with E-state index in [0.29, 0.717) is 23.1 Å². The molecule has 0 radical (unpaired) electrons. The summed E-state index contributed by atoms with van der Waals surface area (Å²) in [5, 5.41) is 6.49. The molecule has 12 rings (SSSR count). The van der Waals surface area contributed by atoms with Crippen LogP contribution < -0.4 is 0 Å². The average Bonchev–Trinajstić information content (AvgIpc) is 3.96. The van der Waals surface area contributed by atoms with Crippen LogP contribution in [-0.2, 0) is 0 Å². The molecule has 0 saturated heterocycles. The van der Waals surface area contributed by atoms with Crippen molar-refractivity contribution in [2.45, 2.75) is 0 Å². The van der Waals surface area contributed by atoms with E-state index < -0.39 is 0 Å². The maximum absolute atomic E-state index is 6.70. The van der Waals surface area contributed by atoms with E-state index in [1.165, 1.54) is 10.8 Å². The Bertz CT molecular complexity index is 3460. The molecule has 0 aliphatic carbocycles. The van der Waals surface area contributed by atoms with Crippen LogP contribution in [0.4, 0.5) is 0 Å². The van der Waals surface area contributed by atoms with Gasteiger partial charge in [0.15, 0.2) is 28.6 Å². The number of rotatable bonds is 5. The van der Waals surface area contributed by atoms with E-state index in [-0.39, 0.29) is 0 Å². The summed E-state index contributed by atoms with van der Waals surface area (Å²) >= 11 is 0. The van der Waals surface area contributed by atoms with Gasteiger partial charge in [-0.1, -0.05) is 127 Å². The first kappa shape index (κ1) is 31.5. The third-order valence-electron chi connectivity index (χ3n) is 11.1. The molecule has 0 saturated carbocycles. The van der Waals surface area contributed by atoms with E-state index in [9.17, 15) is 0 Å². The fourth-order valence-corrected chi connectivity index (χ4v) is 8.33. The SMILES string of the molecule is c1ccc(-c2ccc(-c3nc(-c4ccccc4)nc(-c4ccc5c(c4)oc4c5ccc5c6ccc(-n7c8ccccc8c8ccccc87)cc6oc54)n3)cc2)cc1. The highest BCUT2D eigenvalue weighted by molar-refractivity contribution is 6.19. The van der Waals surface area contributed by atoms with E-state index in [2.05, 4.69) is 144 Å². The second-order valence-corrected chi connectivity index (χ2v) is 14.4. The van der Waals surface area contributed by atoms with Gasteiger partial charge in [-0.3, -0.25) is 0 Å². The molecule has 4 heterocycles. The highest BCUT2D eigenvalue weighted by atomic mass is 16.4. The first-order chi connectivity index (χ1) is 28.2. The number of hydrogen-bond donors (Lipinski definition) is 0. The average molecular weight is 731 g/mol. The zero-order valence-electron chi connectivity index (χ0n) is 30.4. The Morgan fingerprint density at radius 3 is 1.35 bits per heavy atom. The molecule has 6 nitrogen and oxygen atoms in total. The molecule has 0 aliphatic heterocycles. The highest BCUT2D eigenvalue weighted by Gasteiger charge is 2.20. The fraction of sp³-hybridized carbons (Fsp3) is 0. The van der Waals surface area contributed by atoms with Crippen LogP contribution in [0.25, 0.3) is 117 Å². The van der Waals surface area contributed by atoms with Crippen molar-refractivity contribution in [2.24, 2.45) is 0 Å². The van der Waals surface area contributed by atoms with E-state index >= 15 is 0 Å². The molecule has 57 heavy (non-hydrogen) atoms. The minimum atomic E-state index is 0.569. The summed E-state index contributed by atoms with van der Waals surface area (Å²) in [7, 11) is 0. The maximum Gasteiger partial charge on any atom is 0.178 e. The van der Waals surface area contributed by atoms with Gasteiger partial charge in [-0.15, -0.1) is 0 Å². The standard InChI is InChI=1S/C51H30N4O2/c1-3-11-31(12-4-1)32-19-21-34(22-20-32)50-52-49(33-13-5-2-6-14-33)53-51(54-50)35-23-25-39-41-27-28-42-40-26-24-36(30-46(40)57-48(42)47(41)56-45(39)29-35)55-43-17-9-7-15-37(43)38-16-8-10-18-44(38)55/h1-30H. The second kappa shape index (κ2) is 12.3. The number of furan rings is 2. The number of hydrogen-bond acceptors (Lipinski definition) is 5. The molecule has 0 fully saturated rings. The fourth-order valence-electron chi connectivity index (χ4n) is 8.33. The molecule has 0 amide bonds. The monoisotopic (exact) mass is 730 g/mol. The molecular weight excluding hydrogens is 701 g/mol. The minimum Gasteiger partial charge on any atom is -0.452 e. The van der Waals surface area contributed by atoms with Gasteiger partial charge in [-0.2, -0.15) is 0 Å². The van der Waals surface area contributed by atoms with Crippen LogP contribution in [0.2, 0.25) is 0 Å². The van der Waals surface area contributed by atoms with E-state index in [1.54, 1.807) is 0 Å². The molecule has 266 valence electrons. The Morgan fingerprint density at radius 2 is 0.737 bits per heavy atom.